The van der Waals surface area contributed by atoms with Crippen molar-refractivity contribution in [3.05, 3.63) is 52.8 Å². The predicted molar refractivity (Wildman–Crippen MR) is 118 cm³/mol. The Morgan fingerprint density at radius 2 is 1.88 bits per heavy atom. The van der Waals surface area contributed by atoms with E-state index in [1.165, 1.54) is 6.07 Å². The molecule has 1 aromatic carbocycles. The summed E-state index contributed by atoms with van der Waals surface area (Å²) in [7, 11) is 0. The van der Waals surface area contributed by atoms with Crippen molar-refractivity contribution in [1.29, 1.82) is 0 Å². The average Bonchev–Trinajstić information content (AvgIpc) is 3.21. The van der Waals surface area contributed by atoms with Crippen molar-refractivity contribution in [2.24, 2.45) is 5.92 Å². The molecule has 11 heteroatoms. The van der Waals surface area contributed by atoms with Crippen molar-refractivity contribution in [3.63, 3.8) is 0 Å². The minimum absolute atomic E-state index is 0.0219. The number of amides is 1. The zero-order chi connectivity index (χ0) is 23.8. The lowest BCUT2D eigenvalue weighted by atomic mass is 9.84. The van der Waals surface area contributed by atoms with E-state index in [2.05, 4.69) is 20.6 Å². The van der Waals surface area contributed by atoms with Crippen molar-refractivity contribution >= 4 is 29.0 Å². The number of fused-ring (bicyclic) bond motifs is 1. The number of halogens is 4. The van der Waals surface area contributed by atoms with Gasteiger partial charge in [0.05, 0.1) is 0 Å². The third-order valence-corrected chi connectivity index (χ3v) is 6.24. The number of rotatable bonds is 5. The molecule has 0 bridgehead atoms. The third kappa shape index (κ3) is 5.05. The summed E-state index contributed by atoms with van der Waals surface area (Å²) in [6.45, 7) is 5.58. The van der Waals surface area contributed by atoms with Crippen molar-refractivity contribution < 1.29 is 18.0 Å². The molecule has 1 aliphatic rings. The lowest BCUT2D eigenvalue weighted by molar-refractivity contribution is -0.146. The summed E-state index contributed by atoms with van der Waals surface area (Å²) in [5.74, 6) is -0.947. The zero-order valence-corrected chi connectivity index (χ0v) is 19.0. The van der Waals surface area contributed by atoms with Crippen molar-refractivity contribution in [3.8, 4) is 0 Å². The molecule has 0 spiro atoms. The molecule has 33 heavy (non-hydrogen) atoms. The molecule has 1 aliphatic heterocycles. The zero-order valence-electron chi connectivity index (χ0n) is 18.2. The molecule has 0 radical (unpaired) electrons. The van der Waals surface area contributed by atoms with E-state index in [-0.39, 0.29) is 22.9 Å². The molecule has 0 atom stereocenters. The number of nitrogens with zero attached hydrogens (tertiary/aromatic N) is 5. The molecule has 0 saturated carbocycles. The van der Waals surface area contributed by atoms with E-state index in [1.54, 1.807) is 6.07 Å². The van der Waals surface area contributed by atoms with Gasteiger partial charge in [-0.15, -0.1) is 15.3 Å². The van der Waals surface area contributed by atoms with E-state index < -0.39 is 12.0 Å². The van der Waals surface area contributed by atoms with Gasteiger partial charge in [0.15, 0.2) is 5.65 Å². The Labute approximate surface area is 193 Å². The highest BCUT2D eigenvalue weighted by Gasteiger charge is 2.38. The minimum Gasteiger partial charge on any atom is -0.355 e. The molecule has 1 fully saturated rings. The number of benzene rings is 1. The lowest BCUT2D eigenvalue weighted by Gasteiger charge is -2.33. The van der Waals surface area contributed by atoms with Crippen LogP contribution in [0.5, 0.6) is 0 Å². The average molecular weight is 481 g/mol. The summed E-state index contributed by atoms with van der Waals surface area (Å²) < 4.78 is 40.1. The second kappa shape index (κ2) is 8.81. The maximum atomic E-state index is 13.1. The van der Waals surface area contributed by atoms with Crippen LogP contribution in [0.25, 0.3) is 5.65 Å². The first-order valence-corrected chi connectivity index (χ1v) is 11.0. The van der Waals surface area contributed by atoms with Crippen LogP contribution in [0.3, 0.4) is 0 Å². The number of carbonyl (C=O) groups is 1. The molecular weight excluding hydrogens is 457 g/mol. The van der Waals surface area contributed by atoms with Crippen LogP contribution >= 0.6 is 11.6 Å². The second-order valence-electron chi connectivity index (χ2n) is 8.86. The highest BCUT2D eigenvalue weighted by atomic mass is 35.5. The summed E-state index contributed by atoms with van der Waals surface area (Å²) in [5, 5.41) is 14.5. The Balaban J connectivity index is 1.36. The van der Waals surface area contributed by atoms with E-state index in [4.69, 9.17) is 11.6 Å². The van der Waals surface area contributed by atoms with Gasteiger partial charge in [-0.05, 0) is 42.7 Å². The Morgan fingerprint density at radius 1 is 1.15 bits per heavy atom. The van der Waals surface area contributed by atoms with Crippen LogP contribution < -0.4 is 10.2 Å². The summed E-state index contributed by atoms with van der Waals surface area (Å²) in [5.41, 5.74) is 0.789. The maximum Gasteiger partial charge on any atom is 0.453 e. The summed E-state index contributed by atoms with van der Waals surface area (Å²) >= 11 is 6.09. The van der Waals surface area contributed by atoms with Gasteiger partial charge >= 0.3 is 6.18 Å². The fourth-order valence-corrected chi connectivity index (χ4v) is 4.15. The first-order chi connectivity index (χ1) is 15.5. The van der Waals surface area contributed by atoms with Gasteiger partial charge in [0.2, 0.25) is 5.91 Å². The number of carbonyl (C=O) groups excluding carboxylic acids is 1. The molecule has 1 saturated heterocycles. The first kappa shape index (κ1) is 23.3. The van der Waals surface area contributed by atoms with Gasteiger partial charge in [0, 0.05) is 36.0 Å². The Hall–Kier alpha value is -2.88. The van der Waals surface area contributed by atoms with Crippen molar-refractivity contribution in [2.75, 3.05) is 24.5 Å². The van der Waals surface area contributed by atoms with Crippen molar-refractivity contribution in [2.45, 2.75) is 38.3 Å². The normalized spacial score (nSPS) is 15.8. The summed E-state index contributed by atoms with van der Waals surface area (Å²) in [4.78, 5) is 14.6. The number of anilines is 1. The second-order valence-corrected chi connectivity index (χ2v) is 9.29. The fourth-order valence-electron chi connectivity index (χ4n) is 3.96. The Morgan fingerprint density at radius 3 is 2.55 bits per heavy atom. The monoisotopic (exact) mass is 480 g/mol. The van der Waals surface area contributed by atoms with E-state index in [0.717, 1.165) is 5.56 Å². The molecular formula is C22H24ClF3N6O. The van der Waals surface area contributed by atoms with Crippen LogP contribution in [-0.4, -0.2) is 45.4 Å². The van der Waals surface area contributed by atoms with Gasteiger partial charge in [-0.3, -0.25) is 4.79 Å². The number of piperidine rings is 1. The highest BCUT2D eigenvalue weighted by molar-refractivity contribution is 6.30. The quantitative estimate of drug-likeness (QED) is 0.595. The molecule has 0 unspecified atom stereocenters. The maximum absolute atomic E-state index is 13.1. The summed E-state index contributed by atoms with van der Waals surface area (Å²) in [6, 6.07) is 10.7. The first-order valence-electron chi connectivity index (χ1n) is 10.6. The number of hydrogen-bond acceptors (Lipinski definition) is 5. The van der Waals surface area contributed by atoms with E-state index >= 15 is 0 Å². The van der Waals surface area contributed by atoms with Crippen LogP contribution in [0.2, 0.25) is 5.02 Å². The molecule has 0 aliphatic carbocycles. The SMILES string of the molecule is CC(C)(CNC(=O)C1CCN(c2ccc3nnc(C(F)(F)F)n3n2)CC1)c1cccc(Cl)c1. The van der Waals surface area contributed by atoms with Crippen LogP contribution in [0.15, 0.2) is 36.4 Å². The van der Waals surface area contributed by atoms with E-state index in [0.29, 0.717) is 47.8 Å². The van der Waals surface area contributed by atoms with Crippen LogP contribution in [-0.2, 0) is 16.4 Å². The third-order valence-electron chi connectivity index (χ3n) is 6.00. The van der Waals surface area contributed by atoms with Crippen LogP contribution in [0.1, 0.15) is 38.1 Å². The fraction of sp³-hybridized carbons (Fsp3) is 0.455. The number of hydrogen-bond donors (Lipinski definition) is 1. The topological polar surface area (TPSA) is 75.4 Å². The standard InChI is InChI=1S/C22H24ClF3N6O/c1-21(2,15-4-3-5-16(23)12-15)13-27-19(33)14-8-10-31(11-9-14)18-7-6-17-28-29-20(22(24,25)26)32(17)30-18/h3-7,12,14H,8-11,13H2,1-2H3,(H,27,33). The molecule has 1 N–H and O–H groups in total. The van der Waals surface area contributed by atoms with E-state index in [9.17, 15) is 18.0 Å². The minimum atomic E-state index is -4.64. The number of nitrogens with one attached hydrogen (secondary N) is 1. The van der Waals surface area contributed by atoms with Gasteiger partial charge in [-0.2, -0.15) is 17.7 Å². The summed E-state index contributed by atoms with van der Waals surface area (Å²) in [6.07, 6.45) is -3.48. The lowest BCUT2D eigenvalue weighted by Crippen LogP contribution is -2.44. The largest absolute Gasteiger partial charge is 0.453 e. The molecule has 2 aromatic heterocycles. The van der Waals surface area contributed by atoms with Gasteiger partial charge in [-0.1, -0.05) is 37.6 Å². The molecule has 176 valence electrons. The van der Waals surface area contributed by atoms with Gasteiger partial charge in [-0.25, -0.2) is 0 Å². The Bertz CT molecular complexity index is 1150. The van der Waals surface area contributed by atoms with Crippen molar-refractivity contribution in [1.82, 2.24) is 25.1 Å². The van der Waals surface area contributed by atoms with Crippen LogP contribution in [0.4, 0.5) is 19.0 Å². The van der Waals surface area contributed by atoms with Gasteiger partial charge < -0.3 is 10.2 Å². The van der Waals surface area contributed by atoms with E-state index in [1.807, 2.05) is 43.0 Å². The highest BCUT2D eigenvalue weighted by Crippen LogP contribution is 2.29. The number of aromatic nitrogens is 4. The van der Waals surface area contributed by atoms with Gasteiger partial charge in [0.1, 0.15) is 5.82 Å². The molecule has 3 heterocycles. The predicted octanol–water partition coefficient (Wildman–Crippen LogP) is 4.11. The molecule has 4 rings (SSSR count). The van der Waals surface area contributed by atoms with Crippen LogP contribution in [0, 0.1) is 5.92 Å². The molecule has 3 aromatic rings. The number of alkyl halides is 3. The molecule has 7 nitrogen and oxygen atoms in total. The Kier molecular flexibility index (Phi) is 6.22. The molecule has 1 amide bonds. The smallest absolute Gasteiger partial charge is 0.355 e. The van der Waals surface area contributed by atoms with Gasteiger partial charge in [0.25, 0.3) is 5.82 Å².